The van der Waals surface area contributed by atoms with Gasteiger partial charge in [-0.15, -0.1) is 0 Å². The van der Waals surface area contributed by atoms with Crippen molar-refractivity contribution < 1.29 is 17.0 Å². The molecule has 1 rings (SSSR count). The molecule has 0 fully saturated rings. The summed E-state index contributed by atoms with van der Waals surface area (Å²) in [5.74, 6) is 0. The van der Waals surface area contributed by atoms with Crippen molar-refractivity contribution in [1.82, 2.24) is 0 Å². The van der Waals surface area contributed by atoms with Crippen molar-refractivity contribution >= 4 is 53.8 Å². The molecular formula is C9H14AsNNaO4. The molecular weight excluding hydrogens is 284 g/mol. The van der Waals surface area contributed by atoms with Crippen LogP contribution in [0.5, 0.6) is 0 Å². The number of hydrogen-bond donors (Lipinski definition) is 4. The van der Waals surface area contributed by atoms with Gasteiger partial charge in [0.15, 0.2) is 0 Å². The molecule has 1 aromatic carbocycles. The summed E-state index contributed by atoms with van der Waals surface area (Å²) in [6, 6.07) is 6.07. The molecule has 0 spiro atoms. The Morgan fingerprint density at radius 2 is 1.75 bits per heavy atom. The molecule has 5 nitrogen and oxygen atoms in total. The summed E-state index contributed by atoms with van der Waals surface area (Å²) >= 11 is -4.74. The predicted molar refractivity (Wildman–Crippen MR) is 62.9 cm³/mol. The van der Waals surface area contributed by atoms with E-state index in [2.05, 4.69) is 5.32 Å². The summed E-state index contributed by atoms with van der Waals surface area (Å²) in [5, 5.41) is 11.6. The standard InChI is InChI=1S/C9H14AsNO4.Na/c12-7-1-6-11-9-4-2-8(3-5-9)10(13,14)15;/h2-5,11-12H,1,6-7H2,(H2,13,14,15);. The summed E-state index contributed by atoms with van der Waals surface area (Å²) in [6.45, 7) is 0.757. The zero-order valence-electron chi connectivity index (χ0n) is 9.13. The Labute approximate surface area is 119 Å². The van der Waals surface area contributed by atoms with Crippen LogP contribution in [0.15, 0.2) is 24.3 Å². The molecule has 0 unspecified atom stereocenters. The molecule has 0 aromatic heterocycles. The quantitative estimate of drug-likeness (QED) is 0.399. The number of hydrogen-bond acceptors (Lipinski definition) is 3. The summed E-state index contributed by atoms with van der Waals surface area (Å²) in [4.78, 5) is 0. The largest absolute Gasteiger partial charge is 0 e. The van der Waals surface area contributed by atoms with E-state index >= 15 is 0 Å². The number of rotatable bonds is 5. The molecule has 0 aliphatic heterocycles. The molecule has 16 heavy (non-hydrogen) atoms. The molecule has 0 aliphatic rings. The van der Waals surface area contributed by atoms with Crippen LogP contribution in [-0.2, 0) is 3.74 Å². The van der Waals surface area contributed by atoms with Crippen LogP contribution in [0.25, 0.3) is 0 Å². The number of aliphatic hydroxyl groups excluding tert-OH is 1. The number of anilines is 1. The molecule has 1 aromatic rings. The van der Waals surface area contributed by atoms with E-state index in [0.29, 0.717) is 13.0 Å². The molecule has 85 valence electrons. The Morgan fingerprint density at radius 3 is 2.19 bits per heavy atom. The van der Waals surface area contributed by atoms with Gasteiger partial charge in [0, 0.05) is 29.6 Å². The van der Waals surface area contributed by atoms with Gasteiger partial charge in [0.1, 0.15) is 0 Å². The Kier molecular flexibility index (Phi) is 7.68. The van der Waals surface area contributed by atoms with Crippen LogP contribution in [0.3, 0.4) is 0 Å². The minimum absolute atomic E-state index is 0. The normalized spacial score (nSPS) is 10.7. The average molecular weight is 298 g/mol. The van der Waals surface area contributed by atoms with Crippen LogP contribution in [0, 0.1) is 0 Å². The second kappa shape index (κ2) is 7.56. The molecule has 0 aliphatic carbocycles. The Bertz CT molecular complexity index is 351. The number of benzene rings is 1. The minimum Gasteiger partial charge on any atom is 0 e. The number of aliphatic hydroxyl groups is 1. The first kappa shape index (κ1) is 16.3. The van der Waals surface area contributed by atoms with Gasteiger partial charge in [0.2, 0.25) is 0 Å². The SMILES string of the molecule is O=[As](O)(O)c1ccc(NCCCO)cc1.[Na]. The second-order valence-electron chi connectivity index (χ2n) is 3.09. The van der Waals surface area contributed by atoms with Gasteiger partial charge in [-0.2, -0.15) is 0 Å². The van der Waals surface area contributed by atoms with E-state index in [0.717, 1.165) is 5.69 Å². The van der Waals surface area contributed by atoms with E-state index < -0.39 is 14.2 Å². The summed E-state index contributed by atoms with van der Waals surface area (Å²) in [7, 11) is 0. The van der Waals surface area contributed by atoms with Crippen LogP contribution in [0.2, 0.25) is 0 Å². The third kappa shape index (κ3) is 5.55. The number of nitrogens with one attached hydrogen (secondary N) is 1. The minimum atomic E-state index is -4.74. The van der Waals surface area contributed by atoms with E-state index in [9.17, 15) is 3.74 Å². The maximum absolute atomic E-state index is 10.9. The molecule has 0 bridgehead atoms. The molecule has 0 atom stereocenters. The maximum Gasteiger partial charge on any atom is 0 e. The molecule has 0 saturated carbocycles. The molecule has 0 saturated heterocycles. The fraction of sp³-hybridized carbons (Fsp3) is 0.333. The van der Waals surface area contributed by atoms with Crippen LogP contribution in [-0.4, -0.2) is 70.2 Å². The third-order valence-electron chi connectivity index (χ3n) is 1.87. The first-order valence-corrected chi connectivity index (χ1v) is 7.93. The topological polar surface area (TPSA) is 89.8 Å². The van der Waals surface area contributed by atoms with Gasteiger partial charge < -0.3 is 0 Å². The summed E-state index contributed by atoms with van der Waals surface area (Å²) in [6.07, 6.45) is 0.643. The van der Waals surface area contributed by atoms with E-state index in [1.807, 2.05) is 0 Å². The summed E-state index contributed by atoms with van der Waals surface area (Å²) < 4.78 is 28.8. The van der Waals surface area contributed by atoms with Crippen LogP contribution < -0.4 is 9.67 Å². The van der Waals surface area contributed by atoms with Crippen molar-refractivity contribution in [1.29, 1.82) is 0 Å². The third-order valence-corrected chi connectivity index (χ3v) is 3.90. The van der Waals surface area contributed by atoms with Gasteiger partial charge in [0.25, 0.3) is 0 Å². The van der Waals surface area contributed by atoms with Gasteiger partial charge in [-0.05, 0) is 0 Å². The monoisotopic (exact) mass is 298 g/mol. The van der Waals surface area contributed by atoms with Crippen molar-refractivity contribution in [2.45, 2.75) is 6.42 Å². The van der Waals surface area contributed by atoms with Crippen LogP contribution >= 0.6 is 0 Å². The smallest absolute Gasteiger partial charge is 0 e. The van der Waals surface area contributed by atoms with E-state index in [1.54, 1.807) is 12.1 Å². The molecule has 7 heteroatoms. The van der Waals surface area contributed by atoms with Crippen LogP contribution in [0.1, 0.15) is 6.42 Å². The molecule has 0 heterocycles. The molecule has 0 amide bonds. The summed E-state index contributed by atoms with van der Waals surface area (Å²) in [5.41, 5.74) is 0.788. The maximum atomic E-state index is 10.9. The van der Waals surface area contributed by atoms with E-state index in [1.165, 1.54) is 12.1 Å². The van der Waals surface area contributed by atoms with Gasteiger partial charge in [0.05, 0.1) is 0 Å². The average Bonchev–Trinajstić information content (AvgIpc) is 2.18. The Balaban J connectivity index is 0.00000225. The van der Waals surface area contributed by atoms with Gasteiger partial charge >= 0.3 is 90.4 Å². The molecule has 1 radical (unpaired) electrons. The van der Waals surface area contributed by atoms with E-state index in [-0.39, 0.29) is 40.5 Å². The fourth-order valence-electron chi connectivity index (χ4n) is 1.09. The van der Waals surface area contributed by atoms with Crippen LogP contribution in [0.4, 0.5) is 5.69 Å². The molecule has 4 N–H and O–H groups in total. The second-order valence-corrected chi connectivity index (χ2v) is 6.46. The first-order valence-electron chi connectivity index (χ1n) is 4.55. The van der Waals surface area contributed by atoms with Crippen molar-refractivity contribution in [2.75, 3.05) is 18.5 Å². The van der Waals surface area contributed by atoms with Crippen molar-refractivity contribution in [3.8, 4) is 0 Å². The zero-order chi connectivity index (χ0) is 11.3. The fourth-order valence-corrected chi connectivity index (χ4v) is 2.21. The Morgan fingerprint density at radius 1 is 1.19 bits per heavy atom. The van der Waals surface area contributed by atoms with Gasteiger partial charge in [-0.25, -0.2) is 0 Å². The van der Waals surface area contributed by atoms with Crippen molar-refractivity contribution in [3.63, 3.8) is 0 Å². The van der Waals surface area contributed by atoms with Gasteiger partial charge in [-0.3, -0.25) is 0 Å². The zero-order valence-corrected chi connectivity index (χ0v) is 13.0. The van der Waals surface area contributed by atoms with Gasteiger partial charge in [-0.1, -0.05) is 0 Å². The van der Waals surface area contributed by atoms with Crippen molar-refractivity contribution in [2.24, 2.45) is 0 Å². The Hall–Kier alpha value is 0.258. The van der Waals surface area contributed by atoms with E-state index in [4.69, 9.17) is 13.3 Å². The van der Waals surface area contributed by atoms with Crippen molar-refractivity contribution in [3.05, 3.63) is 24.3 Å². The first-order chi connectivity index (χ1) is 7.04. The predicted octanol–water partition coefficient (Wildman–Crippen LogP) is -1.34.